The SMILES string of the molecule is Nc1ccc(CC/C(=C\c2ccc(C(=O)Oc3ccc(OCCCC(F)(F)F)cc3)cc2)C(=O)O)c(N)c1. The first kappa shape index (κ1) is 28.1. The van der Waals surface area contributed by atoms with Gasteiger partial charge in [-0.15, -0.1) is 0 Å². The Kier molecular flexibility index (Phi) is 9.37. The lowest BCUT2D eigenvalue weighted by Gasteiger charge is -2.09. The summed E-state index contributed by atoms with van der Waals surface area (Å²) in [5.41, 5.74) is 14.5. The first-order valence-electron chi connectivity index (χ1n) is 11.7. The Morgan fingerprint density at radius 3 is 2.18 bits per heavy atom. The molecule has 0 saturated heterocycles. The number of benzene rings is 3. The molecule has 0 spiro atoms. The van der Waals surface area contributed by atoms with Crippen LogP contribution in [0.4, 0.5) is 24.5 Å². The number of rotatable bonds is 11. The number of carbonyl (C=O) groups excluding carboxylic acids is 1. The number of carboxylic acid groups (broad SMARTS) is 1. The highest BCUT2D eigenvalue weighted by Crippen LogP contribution is 2.23. The van der Waals surface area contributed by atoms with E-state index in [1.165, 1.54) is 42.5 Å². The van der Waals surface area contributed by atoms with Gasteiger partial charge in [-0.2, -0.15) is 13.2 Å². The minimum absolute atomic E-state index is 0.0849. The maximum Gasteiger partial charge on any atom is 0.389 e. The molecule has 3 rings (SSSR count). The lowest BCUT2D eigenvalue weighted by atomic mass is 10.0. The highest BCUT2D eigenvalue weighted by atomic mass is 19.4. The fourth-order valence-electron chi connectivity index (χ4n) is 3.50. The van der Waals surface area contributed by atoms with Crippen molar-refractivity contribution in [1.82, 2.24) is 0 Å². The Labute approximate surface area is 217 Å². The topological polar surface area (TPSA) is 125 Å². The zero-order chi connectivity index (χ0) is 27.7. The number of hydrogen-bond donors (Lipinski definition) is 3. The van der Waals surface area contributed by atoms with E-state index in [0.29, 0.717) is 29.1 Å². The number of nitrogen functional groups attached to an aromatic ring is 2. The molecule has 5 N–H and O–H groups in total. The van der Waals surface area contributed by atoms with Crippen molar-refractivity contribution in [3.8, 4) is 11.5 Å². The normalized spacial score (nSPS) is 11.7. The summed E-state index contributed by atoms with van der Waals surface area (Å²) in [5, 5.41) is 9.60. The molecular weight excluding hydrogens is 501 g/mol. The fourth-order valence-corrected chi connectivity index (χ4v) is 3.50. The van der Waals surface area contributed by atoms with Gasteiger partial charge in [0.05, 0.1) is 12.2 Å². The van der Waals surface area contributed by atoms with E-state index in [0.717, 1.165) is 5.56 Å². The number of alkyl halides is 3. The van der Waals surface area contributed by atoms with Crippen LogP contribution in [0.5, 0.6) is 11.5 Å². The molecule has 0 aliphatic carbocycles. The van der Waals surface area contributed by atoms with Crippen LogP contribution in [0.3, 0.4) is 0 Å². The molecule has 0 fully saturated rings. The van der Waals surface area contributed by atoms with Gasteiger partial charge in [-0.25, -0.2) is 9.59 Å². The molecule has 3 aromatic rings. The van der Waals surface area contributed by atoms with E-state index in [2.05, 4.69) is 0 Å². The van der Waals surface area contributed by atoms with E-state index in [4.69, 9.17) is 20.9 Å². The molecule has 0 heterocycles. The average molecular weight is 529 g/mol. The predicted molar refractivity (Wildman–Crippen MR) is 138 cm³/mol. The third-order valence-corrected chi connectivity index (χ3v) is 5.50. The van der Waals surface area contributed by atoms with Gasteiger partial charge in [0.2, 0.25) is 0 Å². The summed E-state index contributed by atoms with van der Waals surface area (Å²) in [6.07, 6.45) is -3.11. The highest BCUT2D eigenvalue weighted by Gasteiger charge is 2.26. The Morgan fingerprint density at radius 1 is 0.921 bits per heavy atom. The van der Waals surface area contributed by atoms with Gasteiger partial charge in [0.1, 0.15) is 11.5 Å². The Hall–Kier alpha value is -4.47. The quantitative estimate of drug-likeness (QED) is 0.0931. The number of carbonyl (C=O) groups is 2. The number of anilines is 2. The second-order valence-electron chi connectivity index (χ2n) is 8.48. The van der Waals surface area contributed by atoms with Crippen LogP contribution in [0.25, 0.3) is 6.08 Å². The summed E-state index contributed by atoms with van der Waals surface area (Å²) in [7, 11) is 0. The third kappa shape index (κ3) is 8.88. The summed E-state index contributed by atoms with van der Waals surface area (Å²) in [4.78, 5) is 24.2. The van der Waals surface area contributed by atoms with Crippen LogP contribution in [-0.4, -0.2) is 29.8 Å². The molecule has 200 valence electrons. The van der Waals surface area contributed by atoms with E-state index < -0.39 is 24.5 Å². The number of esters is 1. The molecule has 0 unspecified atom stereocenters. The first-order valence-corrected chi connectivity index (χ1v) is 11.7. The van der Waals surface area contributed by atoms with E-state index in [1.807, 2.05) is 0 Å². The third-order valence-electron chi connectivity index (χ3n) is 5.50. The minimum Gasteiger partial charge on any atom is -0.494 e. The summed E-state index contributed by atoms with van der Waals surface area (Å²) in [6, 6.07) is 17.3. The number of halogens is 3. The van der Waals surface area contributed by atoms with E-state index in [-0.39, 0.29) is 36.3 Å². The van der Waals surface area contributed by atoms with Crippen LogP contribution in [0.15, 0.2) is 72.3 Å². The molecule has 0 aromatic heterocycles. The van der Waals surface area contributed by atoms with Gasteiger partial charge in [-0.05, 0) is 85.0 Å². The summed E-state index contributed by atoms with van der Waals surface area (Å²) >= 11 is 0. The lowest BCUT2D eigenvalue weighted by molar-refractivity contribution is -0.136. The van der Waals surface area contributed by atoms with Crippen molar-refractivity contribution in [2.24, 2.45) is 0 Å². The number of hydrogen-bond acceptors (Lipinski definition) is 6. The second kappa shape index (κ2) is 12.7. The van der Waals surface area contributed by atoms with Crippen molar-refractivity contribution in [1.29, 1.82) is 0 Å². The van der Waals surface area contributed by atoms with Crippen LogP contribution in [0.1, 0.15) is 40.7 Å². The number of aryl methyl sites for hydroxylation is 1. The standard InChI is InChI=1S/C28H27F3N2O5/c29-28(30,31)14-1-15-37-23-10-12-24(13-11-23)38-27(36)20-4-2-18(3-5-20)16-21(26(34)35)7-6-19-8-9-22(32)17-25(19)33/h2-5,8-13,16-17H,1,6-7,14-15,32-33H2,(H,34,35)/b21-16+. The Morgan fingerprint density at radius 2 is 1.58 bits per heavy atom. The van der Waals surface area contributed by atoms with Gasteiger partial charge < -0.3 is 26.0 Å². The van der Waals surface area contributed by atoms with Crippen LogP contribution in [0.2, 0.25) is 0 Å². The van der Waals surface area contributed by atoms with Gasteiger partial charge in [0.25, 0.3) is 0 Å². The highest BCUT2D eigenvalue weighted by molar-refractivity contribution is 5.93. The molecule has 38 heavy (non-hydrogen) atoms. The average Bonchev–Trinajstić information content (AvgIpc) is 2.86. The predicted octanol–water partition coefficient (Wildman–Crippen LogP) is 5.89. The monoisotopic (exact) mass is 528 g/mol. The van der Waals surface area contributed by atoms with Crippen LogP contribution in [0, 0.1) is 0 Å². The molecule has 0 aliphatic heterocycles. The van der Waals surface area contributed by atoms with Crippen molar-refractivity contribution in [3.05, 3.63) is 89.0 Å². The zero-order valence-corrected chi connectivity index (χ0v) is 20.3. The Balaban J connectivity index is 1.56. The molecule has 0 atom stereocenters. The maximum absolute atomic E-state index is 12.5. The molecule has 10 heteroatoms. The lowest BCUT2D eigenvalue weighted by Crippen LogP contribution is -2.10. The van der Waals surface area contributed by atoms with Gasteiger partial charge in [0.15, 0.2) is 0 Å². The van der Waals surface area contributed by atoms with Crippen LogP contribution < -0.4 is 20.9 Å². The molecule has 0 saturated carbocycles. The van der Waals surface area contributed by atoms with Crippen LogP contribution in [-0.2, 0) is 11.2 Å². The van der Waals surface area contributed by atoms with Crippen molar-refractivity contribution < 1.29 is 37.3 Å². The molecule has 0 bridgehead atoms. The fraction of sp³-hybridized carbons (Fsp3) is 0.214. The van der Waals surface area contributed by atoms with Crippen molar-refractivity contribution in [3.63, 3.8) is 0 Å². The van der Waals surface area contributed by atoms with Crippen molar-refractivity contribution in [2.75, 3.05) is 18.1 Å². The summed E-state index contributed by atoms with van der Waals surface area (Å²) < 4.78 is 47.1. The number of aliphatic carboxylic acids is 1. The second-order valence-corrected chi connectivity index (χ2v) is 8.48. The number of carboxylic acids is 1. The van der Waals surface area contributed by atoms with Gasteiger partial charge in [-0.1, -0.05) is 18.2 Å². The Bertz CT molecular complexity index is 1290. The zero-order valence-electron chi connectivity index (χ0n) is 20.3. The molecule has 0 radical (unpaired) electrons. The van der Waals surface area contributed by atoms with E-state index in [1.54, 1.807) is 30.3 Å². The smallest absolute Gasteiger partial charge is 0.389 e. The molecular formula is C28H27F3N2O5. The van der Waals surface area contributed by atoms with Gasteiger partial charge in [0, 0.05) is 23.4 Å². The van der Waals surface area contributed by atoms with Gasteiger partial charge in [-0.3, -0.25) is 0 Å². The largest absolute Gasteiger partial charge is 0.494 e. The van der Waals surface area contributed by atoms with E-state index in [9.17, 15) is 27.9 Å². The van der Waals surface area contributed by atoms with Gasteiger partial charge >= 0.3 is 18.1 Å². The van der Waals surface area contributed by atoms with Crippen molar-refractivity contribution in [2.45, 2.75) is 31.9 Å². The molecule has 3 aromatic carbocycles. The summed E-state index contributed by atoms with van der Waals surface area (Å²) in [6.45, 7) is -0.0849. The number of nitrogens with two attached hydrogens (primary N) is 2. The van der Waals surface area contributed by atoms with Crippen LogP contribution >= 0.6 is 0 Å². The van der Waals surface area contributed by atoms with Crippen molar-refractivity contribution >= 4 is 29.4 Å². The number of ether oxygens (including phenoxy) is 2. The van der Waals surface area contributed by atoms with E-state index >= 15 is 0 Å². The first-order chi connectivity index (χ1) is 18.0. The maximum atomic E-state index is 12.5. The molecule has 0 amide bonds. The molecule has 7 nitrogen and oxygen atoms in total. The minimum atomic E-state index is -4.22. The summed E-state index contributed by atoms with van der Waals surface area (Å²) in [5.74, 6) is -1.10. The molecule has 0 aliphatic rings.